The second kappa shape index (κ2) is 6.72. The quantitative estimate of drug-likeness (QED) is 0.839. The van der Waals surface area contributed by atoms with Gasteiger partial charge in [0.1, 0.15) is 0 Å². The van der Waals surface area contributed by atoms with E-state index in [0.29, 0.717) is 18.9 Å². The molecule has 2 unspecified atom stereocenters. The summed E-state index contributed by atoms with van der Waals surface area (Å²) in [5.41, 5.74) is 0.369. The Kier molecular flexibility index (Phi) is 5.21. The average molecular weight is 321 g/mol. The summed E-state index contributed by atoms with van der Waals surface area (Å²) < 4.78 is 18.6. The zero-order chi connectivity index (χ0) is 14.7. The molecular weight excluding hydrogens is 306 g/mol. The fourth-order valence-electron chi connectivity index (χ4n) is 2.14. The van der Waals surface area contributed by atoms with E-state index in [1.54, 1.807) is 0 Å². The van der Waals surface area contributed by atoms with Gasteiger partial charge in [0.25, 0.3) is 0 Å². The number of carbonyl (C=O) groups is 1. The molecule has 1 amide bonds. The topological polar surface area (TPSA) is 50.4 Å². The lowest BCUT2D eigenvalue weighted by molar-refractivity contribution is -0.120. The summed E-state index contributed by atoms with van der Waals surface area (Å²) in [5, 5.41) is 5.63. The van der Waals surface area contributed by atoms with Crippen LogP contribution in [0.1, 0.15) is 6.92 Å². The van der Waals surface area contributed by atoms with Crippen molar-refractivity contribution in [3.05, 3.63) is 28.0 Å². The number of hydrogen-bond acceptors (Lipinski definition) is 3. The fourth-order valence-corrected chi connectivity index (χ4v) is 2.63. The van der Waals surface area contributed by atoms with E-state index in [0.717, 1.165) is 6.54 Å². The number of likely N-dealkylation sites (N-methyl/N-ethyl adjacent to an activating group) is 1. The number of nitrogens with one attached hydrogen (secondary N) is 2. The number of carbonyl (C=O) groups excluding carboxylic acids is 1. The summed E-state index contributed by atoms with van der Waals surface area (Å²) in [6.45, 7) is 3.57. The first-order valence-corrected chi connectivity index (χ1v) is 7.05. The number of benzene rings is 1. The highest BCUT2D eigenvalue weighted by Gasteiger charge is 2.33. The van der Waals surface area contributed by atoms with Crippen LogP contribution >= 0.6 is 23.2 Å². The summed E-state index contributed by atoms with van der Waals surface area (Å²) in [4.78, 5) is 12.2. The summed E-state index contributed by atoms with van der Waals surface area (Å²) in [6, 6.07) is 2.64. The molecule has 0 radical (unpaired) electrons. The SMILES string of the molecule is CCNC1COCC1C(=O)Nc1cc(Cl)c(F)c(Cl)c1. The number of hydrogen-bond donors (Lipinski definition) is 2. The molecule has 1 saturated heterocycles. The Morgan fingerprint density at radius 2 is 2.05 bits per heavy atom. The fraction of sp³-hybridized carbons (Fsp3) is 0.462. The van der Waals surface area contributed by atoms with Crippen LogP contribution in [0, 0.1) is 11.7 Å². The summed E-state index contributed by atoms with van der Waals surface area (Å²) in [6.07, 6.45) is 0. The van der Waals surface area contributed by atoms with Crippen molar-refractivity contribution in [1.29, 1.82) is 0 Å². The van der Waals surface area contributed by atoms with Gasteiger partial charge < -0.3 is 15.4 Å². The predicted octanol–water partition coefficient (Wildman–Crippen LogP) is 2.70. The molecule has 0 aromatic heterocycles. The maximum absolute atomic E-state index is 13.3. The standard InChI is InChI=1S/C13H15Cl2FN2O2/c1-2-17-11-6-20-5-8(11)13(19)18-7-3-9(14)12(16)10(15)4-7/h3-4,8,11,17H,2,5-6H2,1H3,(H,18,19). The van der Waals surface area contributed by atoms with Gasteiger partial charge in [-0.3, -0.25) is 4.79 Å². The van der Waals surface area contributed by atoms with Crippen LogP contribution in [-0.4, -0.2) is 31.7 Å². The van der Waals surface area contributed by atoms with E-state index >= 15 is 0 Å². The third-order valence-corrected chi connectivity index (χ3v) is 3.69. The lowest BCUT2D eigenvalue weighted by atomic mass is 10.0. The first-order valence-electron chi connectivity index (χ1n) is 6.29. The molecule has 1 fully saturated rings. The largest absolute Gasteiger partial charge is 0.379 e. The molecule has 0 aliphatic carbocycles. The Hall–Kier alpha value is -0.880. The van der Waals surface area contributed by atoms with E-state index in [2.05, 4.69) is 10.6 Å². The Bertz CT molecular complexity index is 490. The maximum Gasteiger partial charge on any atom is 0.231 e. The second-order valence-corrected chi connectivity index (χ2v) is 5.37. The molecule has 7 heteroatoms. The summed E-state index contributed by atoms with van der Waals surface area (Å²) in [5.74, 6) is -1.19. The van der Waals surface area contributed by atoms with Crippen molar-refractivity contribution in [3.8, 4) is 0 Å². The van der Waals surface area contributed by atoms with Crippen molar-refractivity contribution in [1.82, 2.24) is 5.32 Å². The highest BCUT2D eigenvalue weighted by Crippen LogP contribution is 2.28. The van der Waals surface area contributed by atoms with Gasteiger partial charge in [0.15, 0.2) is 5.82 Å². The van der Waals surface area contributed by atoms with Gasteiger partial charge in [0.05, 0.1) is 29.2 Å². The van der Waals surface area contributed by atoms with E-state index in [1.165, 1.54) is 12.1 Å². The van der Waals surface area contributed by atoms with Crippen LogP contribution in [0.15, 0.2) is 12.1 Å². The molecule has 110 valence electrons. The number of amides is 1. The van der Waals surface area contributed by atoms with E-state index in [9.17, 15) is 9.18 Å². The van der Waals surface area contributed by atoms with Gasteiger partial charge in [-0.15, -0.1) is 0 Å². The molecular formula is C13H15Cl2FN2O2. The molecule has 1 aromatic rings. The van der Waals surface area contributed by atoms with Gasteiger partial charge >= 0.3 is 0 Å². The van der Waals surface area contributed by atoms with Crippen molar-refractivity contribution in [2.75, 3.05) is 25.1 Å². The number of halogens is 3. The Morgan fingerprint density at radius 3 is 2.65 bits per heavy atom. The predicted molar refractivity (Wildman–Crippen MR) is 76.8 cm³/mol. The molecule has 0 saturated carbocycles. The van der Waals surface area contributed by atoms with Crippen LogP contribution in [0.3, 0.4) is 0 Å². The van der Waals surface area contributed by atoms with Crippen molar-refractivity contribution in [2.24, 2.45) is 5.92 Å². The van der Waals surface area contributed by atoms with Crippen LogP contribution in [0.4, 0.5) is 10.1 Å². The molecule has 1 aliphatic heterocycles. The molecule has 4 nitrogen and oxygen atoms in total. The van der Waals surface area contributed by atoms with Crippen molar-refractivity contribution in [2.45, 2.75) is 13.0 Å². The number of anilines is 1. The van der Waals surface area contributed by atoms with Crippen molar-refractivity contribution in [3.63, 3.8) is 0 Å². The minimum atomic E-state index is -0.693. The number of rotatable bonds is 4. The molecule has 0 bridgehead atoms. The third kappa shape index (κ3) is 3.41. The average Bonchev–Trinajstić information content (AvgIpc) is 2.84. The lowest BCUT2D eigenvalue weighted by Gasteiger charge is -2.18. The van der Waals surface area contributed by atoms with E-state index in [1.807, 2.05) is 6.92 Å². The molecule has 2 N–H and O–H groups in total. The Balaban J connectivity index is 2.08. The molecule has 0 spiro atoms. The number of ether oxygens (including phenoxy) is 1. The van der Waals surface area contributed by atoms with E-state index in [-0.39, 0.29) is 27.9 Å². The van der Waals surface area contributed by atoms with Crippen LogP contribution in [-0.2, 0) is 9.53 Å². The zero-order valence-electron chi connectivity index (χ0n) is 10.9. The van der Waals surface area contributed by atoms with Crippen molar-refractivity contribution < 1.29 is 13.9 Å². The van der Waals surface area contributed by atoms with Gasteiger partial charge in [-0.05, 0) is 18.7 Å². The summed E-state index contributed by atoms with van der Waals surface area (Å²) in [7, 11) is 0. The van der Waals surface area contributed by atoms with Crippen molar-refractivity contribution >= 4 is 34.8 Å². The molecule has 1 aliphatic rings. The Morgan fingerprint density at radius 1 is 1.40 bits per heavy atom. The van der Waals surface area contributed by atoms with Crippen LogP contribution in [0.2, 0.25) is 10.0 Å². The zero-order valence-corrected chi connectivity index (χ0v) is 12.4. The molecule has 20 heavy (non-hydrogen) atoms. The van der Waals surface area contributed by atoms with Gasteiger partial charge in [0.2, 0.25) is 5.91 Å². The van der Waals surface area contributed by atoms with Gasteiger partial charge in [-0.2, -0.15) is 0 Å². The van der Waals surface area contributed by atoms with E-state index in [4.69, 9.17) is 27.9 Å². The van der Waals surface area contributed by atoms with E-state index < -0.39 is 5.82 Å². The smallest absolute Gasteiger partial charge is 0.231 e. The first kappa shape index (κ1) is 15.5. The Labute approximate surface area is 126 Å². The van der Waals surface area contributed by atoms with Gasteiger partial charge in [-0.1, -0.05) is 30.1 Å². The van der Waals surface area contributed by atoms with Crippen LogP contribution in [0.5, 0.6) is 0 Å². The lowest BCUT2D eigenvalue weighted by Crippen LogP contribution is -2.41. The molecule has 1 heterocycles. The van der Waals surface area contributed by atoms with Crippen LogP contribution < -0.4 is 10.6 Å². The highest BCUT2D eigenvalue weighted by molar-refractivity contribution is 6.35. The van der Waals surface area contributed by atoms with Gasteiger partial charge in [-0.25, -0.2) is 4.39 Å². The molecule has 2 rings (SSSR count). The minimum absolute atomic E-state index is 0.0219. The summed E-state index contributed by atoms with van der Waals surface area (Å²) >= 11 is 11.4. The highest BCUT2D eigenvalue weighted by atomic mass is 35.5. The molecule has 1 aromatic carbocycles. The monoisotopic (exact) mass is 320 g/mol. The third-order valence-electron chi connectivity index (χ3n) is 3.13. The second-order valence-electron chi connectivity index (χ2n) is 4.55. The minimum Gasteiger partial charge on any atom is -0.379 e. The van der Waals surface area contributed by atoms with Gasteiger partial charge in [0, 0.05) is 11.7 Å². The molecule has 2 atom stereocenters. The van der Waals surface area contributed by atoms with Crippen LogP contribution in [0.25, 0.3) is 0 Å². The first-order chi connectivity index (χ1) is 9.52. The normalized spacial score (nSPS) is 22.0. The maximum atomic E-state index is 13.3.